The van der Waals surface area contributed by atoms with E-state index in [1.54, 1.807) is 0 Å². The number of hydrogen-bond donors (Lipinski definition) is 0. The second-order valence-electron chi connectivity index (χ2n) is 7.93. The highest BCUT2D eigenvalue weighted by Crippen LogP contribution is 2.18. The Morgan fingerprint density at radius 2 is 1.71 bits per heavy atom. The first-order chi connectivity index (χ1) is 9.81. The summed E-state index contributed by atoms with van der Waals surface area (Å²) in [6, 6.07) is 1.40. The van der Waals surface area contributed by atoms with Crippen LogP contribution in [0.2, 0.25) is 0 Å². The van der Waals surface area contributed by atoms with Crippen LogP contribution in [0.25, 0.3) is 0 Å². The molecule has 0 aromatic rings. The van der Waals surface area contributed by atoms with Gasteiger partial charge in [-0.3, -0.25) is 4.90 Å². The summed E-state index contributed by atoms with van der Waals surface area (Å²) in [4.78, 5) is 7.88. The molecule has 0 spiro atoms. The minimum Gasteiger partial charge on any atom is -0.304 e. The average Bonchev–Trinajstić information content (AvgIpc) is 2.38. The summed E-state index contributed by atoms with van der Waals surface area (Å²) < 4.78 is 0. The maximum atomic E-state index is 2.75. The molecule has 0 aliphatic carbocycles. The van der Waals surface area contributed by atoms with Crippen LogP contribution >= 0.6 is 0 Å². The van der Waals surface area contributed by atoms with Crippen LogP contribution in [0.4, 0.5) is 0 Å². The highest BCUT2D eigenvalue weighted by Gasteiger charge is 2.28. The lowest BCUT2D eigenvalue weighted by molar-refractivity contribution is 0.0416. The molecule has 1 rings (SSSR count). The molecule has 1 aliphatic rings. The molecule has 0 aromatic heterocycles. The van der Waals surface area contributed by atoms with Gasteiger partial charge in [-0.1, -0.05) is 27.7 Å². The normalized spacial score (nSPS) is 22.1. The first kappa shape index (κ1) is 18.9. The fourth-order valence-electron chi connectivity index (χ4n) is 3.28. The van der Waals surface area contributed by atoms with Gasteiger partial charge in [0.15, 0.2) is 0 Å². The molecule has 1 heterocycles. The Hall–Kier alpha value is -0.120. The summed E-state index contributed by atoms with van der Waals surface area (Å²) in [5, 5.41) is 0. The van der Waals surface area contributed by atoms with Crippen molar-refractivity contribution in [2.45, 2.75) is 60.0 Å². The van der Waals surface area contributed by atoms with Crippen LogP contribution in [0.15, 0.2) is 0 Å². The molecular weight excluding hydrogens is 258 g/mol. The quantitative estimate of drug-likeness (QED) is 0.682. The van der Waals surface area contributed by atoms with Crippen LogP contribution in [0.3, 0.4) is 0 Å². The molecule has 0 N–H and O–H groups in total. The highest BCUT2D eigenvalue weighted by atomic mass is 15.3. The highest BCUT2D eigenvalue weighted by molar-refractivity contribution is 4.84. The first-order valence-corrected chi connectivity index (χ1v) is 8.97. The predicted octanol–water partition coefficient (Wildman–Crippen LogP) is 3.01. The van der Waals surface area contributed by atoms with Crippen molar-refractivity contribution in [1.82, 2.24) is 14.7 Å². The summed E-state index contributed by atoms with van der Waals surface area (Å²) in [6.45, 7) is 21.5. The van der Waals surface area contributed by atoms with E-state index in [4.69, 9.17) is 0 Å². The first-order valence-electron chi connectivity index (χ1n) is 8.97. The van der Waals surface area contributed by atoms with E-state index in [9.17, 15) is 0 Å². The second-order valence-corrected chi connectivity index (χ2v) is 7.93. The third-order valence-corrected chi connectivity index (χ3v) is 4.85. The zero-order valence-electron chi connectivity index (χ0n) is 15.6. The van der Waals surface area contributed by atoms with Crippen LogP contribution in [0, 0.1) is 11.8 Å². The third-order valence-electron chi connectivity index (χ3n) is 4.85. The summed E-state index contributed by atoms with van der Waals surface area (Å²) in [5.74, 6) is 1.53. The third kappa shape index (κ3) is 6.66. The van der Waals surface area contributed by atoms with Gasteiger partial charge in [0.25, 0.3) is 0 Å². The van der Waals surface area contributed by atoms with E-state index >= 15 is 0 Å². The van der Waals surface area contributed by atoms with Gasteiger partial charge in [0.1, 0.15) is 0 Å². The zero-order valence-corrected chi connectivity index (χ0v) is 15.6. The Morgan fingerprint density at radius 3 is 2.24 bits per heavy atom. The Labute approximate surface area is 133 Å². The Bertz CT molecular complexity index is 276. The molecule has 0 bridgehead atoms. The number of hydrogen-bond acceptors (Lipinski definition) is 3. The lowest BCUT2D eigenvalue weighted by Crippen LogP contribution is -2.56. The van der Waals surface area contributed by atoms with Crippen molar-refractivity contribution in [2.24, 2.45) is 11.8 Å². The van der Waals surface area contributed by atoms with Crippen molar-refractivity contribution in [3.05, 3.63) is 0 Å². The summed E-state index contributed by atoms with van der Waals surface area (Å²) in [7, 11) is 2.24. The lowest BCUT2D eigenvalue weighted by atomic mass is 9.98. The monoisotopic (exact) mass is 297 g/mol. The van der Waals surface area contributed by atoms with Crippen LogP contribution in [0.5, 0.6) is 0 Å². The number of nitrogens with zero attached hydrogens (tertiary/aromatic N) is 3. The average molecular weight is 298 g/mol. The minimum absolute atomic E-state index is 0.661. The summed E-state index contributed by atoms with van der Waals surface area (Å²) >= 11 is 0. The number of piperazine rings is 1. The molecular formula is C18H39N3. The van der Waals surface area contributed by atoms with E-state index < -0.39 is 0 Å². The molecule has 1 aliphatic heterocycles. The van der Waals surface area contributed by atoms with Gasteiger partial charge in [-0.25, -0.2) is 0 Å². The SMILES string of the molecule is CC(C)CN1CCN(CCCN(C)C(C)C)[C@@H](C(C)C)C1. The molecule has 0 unspecified atom stereocenters. The molecule has 3 nitrogen and oxygen atoms in total. The Kier molecular flexibility index (Phi) is 8.22. The van der Waals surface area contributed by atoms with Crippen molar-refractivity contribution < 1.29 is 0 Å². The molecule has 21 heavy (non-hydrogen) atoms. The molecule has 1 saturated heterocycles. The van der Waals surface area contributed by atoms with Gasteiger partial charge in [0.05, 0.1) is 0 Å². The van der Waals surface area contributed by atoms with Gasteiger partial charge in [-0.2, -0.15) is 0 Å². The maximum absolute atomic E-state index is 2.75. The molecule has 1 atom stereocenters. The topological polar surface area (TPSA) is 9.72 Å². The second kappa shape index (κ2) is 9.12. The Balaban J connectivity index is 2.43. The van der Waals surface area contributed by atoms with Crippen molar-refractivity contribution in [2.75, 3.05) is 46.3 Å². The maximum Gasteiger partial charge on any atom is 0.0246 e. The van der Waals surface area contributed by atoms with Gasteiger partial charge >= 0.3 is 0 Å². The zero-order chi connectivity index (χ0) is 16.0. The van der Waals surface area contributed by atoms with Crippen LogP contribution in [0.1, 0.15) is 48.0 Å². The standard InChI is InChI=1S/C18H39N3/c1-15(2)13-20-11-12-21(18(14-20)16(3)4)10-8-9-19(7)17(5)6/h15-18H,8-14H2,1-7H3/t18-/m1/s1. The van der Waals surface area contributed by atoms with E-state index in [0.717, 1.165) is 17.9 Å². The predicted molar refractivity (Wildman–Crippen MR) is 93.9 cm³/mol. The molecule has 0 saturated carbocycles. The van der Waals surface area contributed by atoms with E-state index in [0.29, 0.717) is 6.04 Å². The molecule has 1 fully saturated rings. The Morgan fingerprint density at radius 1 is 1.05 bits per heavy atom. The molecule has 0 amide bonds. The van der Waals surface area contributed by atoms with Crippen LogP contribution in [-0.4, -0.2) is 73.1 Å². The molecule has 0 aromatic carbocycles. The van der Waals surface area contributed by atoms with Crippen LogP contribution < -0.4 is 0 Å². The molecule has 3 heteroatoms. The van der Waals surface area contributed by atoms with Gasteiger partial charge in [0, 0.05) is 38.3 Å². The van der Waals surface area contributed by atoms with Crippen LogP contribution in [-0.2, 0) is 0 Å². The summed E-state index contributed by atoms with van der Waals surface area (Å²) in [6.07, 6.45) is 1.29. The largest absolute Gasteiger partial charge is 0.304 e. The number of rotatable bonds is 8. The van der Waals surface area contributed by atoms with Crippen molar-refractivity contribution >= 4 is 0 Å². The smallest absolute Gasteiger partial charge is 0.0246 e. The molecule has 126 valence electrons. The fraction of sp³-hybridized carbons (Fsp3) is 1.00. The van der Waals surface area contributed by atoms with Gasteiger partial charge in [0.2, 0.25) is 0 Å². The fourth-order valence-corrected chi connectivity index (χ4v) is 3.28. The van der Waals surface area contributed by atoms with E-state index in [2.05, 4.69) is 63.3 Å². The van der Waals surface area contributed by atoms with Crippen molar-refractivity contribution in [3.8, 4) is 0 Å². The lowest BCUT2D eigenvalue weighted by Gasteiger charge is -2.44. The van der Waals surface area contributed by atoms with E-state index in [-0.39, 0.29) is 0 Å². The van der Waals surface area contributed by atoms with Gasteiger partial charge in [-0.05, 0) is 52.2 Å². The van der Waals surface area contributed by atoms with Crippen molar-refractivity contribution in [1.29, 1.82) is 0 Å². The van der Waals surface area contributed by atoms with Crippen molar-refractivity contribution in [3.63, 3.8) is 0 Å². The van der Waals surface area contributed by atoms with E-state index in [1.807, 2.05) is 0 Å². The minimum atomic E-state index is 0.661. The van der Waals surface area contributed by atoms with Gasteiger partial charge in [-0.15, -0.1) is 0 Å². The van der Waals surface area contributed by atoms with E-state index in [1.165, 1.54) is 45.7 Å². The summed E-state index contributed by atoms with van der Waals surface area (Å²) in [5.41, 5.74) is 0. The van der Waals surface area contributed by atoms with Gasteiger partial charge < -0.3 is 9.80 Å². The molecule has 0 radical (unpaired) electrons.